The fraction of sp³-hybridized carbons (Fsp3) is 0.318. The van der Waals surface area contributed by atoms with Crippen molar-refractivity contribution in [1.29, 1.82) is 0 Å². The van der Waals surface area contributed by atoms with Crippen LogP contribution in [0.4, 0.5) is 0 Å². The molecule has 1 aliphatic heterocycles. The van der Waals surface area contributed by atoms with Gasteiger partial charge in [-0.05, 0) is 48.4 Å². The molecule has 1 aliphatic rings. The molecule has 0 saturated carbocycles. The van der Waals surface area contributed by atoms with Crippen molar-refractivity contribution in [2.75, 3.05) is 27.3 Å². The average molecular weight is 428 g/mol. The van der Waals surface area contributed by atoms with Gasteiger partial charge in [0.25, 0.3) is 0 Å². The molecule has 1 aromatic heterocycles. The van der Waals surface area contributed by atoms with E-state index in [1.807, 2.05) is 35.2 Å². The highest BCUT2D eigenvalue weighted by atomic mass is 35.5. The van der Waals surface area contributed by atoms with Crippen molar-refractivity contribution in [3.63, 3.8) is 0 Å². The van der Waals surface area contributed by atoms with Crippen LogP contribution in [0.3, 0.4) is 0 Å². The molecule has 8 heteroatoms. The maximum Gasteiger partial charge on any atom is 0.232 e. The fourth-order valence-corrected chi connectivity index (χ4v) is 3.70. The molecular formula is C22H22ClN3O4. The predicted octanol–water partition coefficient (Wildman–Crippen LogP) is 3.97. The van der Waals surface area contributed by atoms with E-state index < -0.39 is 0 Å². The minimum atomic E-state index is -0.101. The number of carbonyl (C=O) groups excluding carboxylic acids is 1. The van der Waals surface area contributed by atoms with Crippen molar-refractivity contribution < 1.29 is 18.8 Å². The third-order valence-electron chi connectivity index (χ3n) is 5.23. The number of ether oxygens (including phenoxy) is 2. The normalized spacial score (nSPS) is 16.2. The highest BCUT2D eigenvalue weighted by Gasteiger charge is 2.34. The number of benzene rings is 2. The maximum absolute atomic E-state index is 12.5. The number of hydrogen-bond donors (Lipinski definition) is 0. The van der Waals surface area contributed by atoms with Crippen LogP contribution in [0, 0.1) is 0 Å². The number of rotatable bonds is 7. The summed E-state index contributed by atoms with van der Waals surface area (Å²) in [6.45, 7) is 1.18. The van der Waals surface area contributed by atoms with Crippen LogP contribution in [0.1, 0.15) is 23.8 Å². The van der Waals surface area contributed by atoms with Gasteiger partial charge in [-0.1, -0.05) is 22.8 Å². The van der Waals surface area contributed by atoms with E-state index >= 15 is 0 Å². The largest absolute Gasteiger partial charge is 0.493 e. The molecule has 1 unspecified atom stereocenters. The Kier molecular flexibility index (Phi) is 5.90. The minimum Gasteiger partial charge on any atom is -0.493 e. The predicted molar refractivity (Wildman–Crippen MR) is 112 cm³/mol. The highest BCUT2D eigenvalue weighted by molar-refractivity contribution is 6.30. The Hall–Kier alpha value is -3.06. The van der Waals surface area contributed by atoms with Crippen molar-refractivity contribution in [1.82, 2.24) is 15.0 Å². The van der Waals surface area contributed by atoms with E-state index in [2.05, 4.69) is 10.1 Å². The molecule has 7 nitrogen and oxygen atoms in total. The lowest BCUT2D eigenvalue weighted by molar-refractivity contribution is -0.127. The van der Waals surface area contributed by atoms with Crippen molar-refractivity contribution in [2.45, 2.75) is 18.8 Å². The second-order valence-electron chi connectivity index (χ2n) is 7.14. The Bertz CT molecular complexity index is 1040. The number of methoxy groups -OCH3 is 2. The average Bonchev–Trinajstić information content (AvgIpc) is 3.39. The number of likely N-dealkylation sites (tertiary alicyclic amines) is 1. The summed E-state index contributed by atoms with van der Waals surface area (Å²) in [7, 11) is 3.22. The van der Waals surface area contributed by atoms with Gasteiger partial charge >= 0.3 is 0 Å². The summed E-state index contributed by atoms with van der Waals surface area (Å²) in [4.78, 5) is 18.8. The molecule has 1 atom stereocenters. The Balaban J connectivity index is 1.39. The van der Waals surface area contributed by atoms with Crippen LogP contribution in [-0.4, -0.2) is 48.3 Å². The van der Waals surface area contributed by atoms with Gasteiger partial charge in [-0.2, -0.15) is 4.98 Å². The zero-order valence-electron chi connectivity index (χ0n) is 16.8. The quantitative estimate of drug-likeness (QED) is 0.567. The summed E-state index contributed by atoms with van der Waals surface area (Å²) in [5.74, 6) is 2.34. The fourth-order valence-electron chi connectivity index (χ4n) is 3.57. The van der Waals surface area contributed by atoms with Crippen LogP contribution >= 0.6 is 11.6 Å². The van der Waals surface area contributed by atoms with E-state index in [1.165, 1.54) is 0 Å². The second kappa shape index (κ2) is 8.75. The summed E-state index contributed by atoms with van der Waals surface area (Å²) in [6.07, 6.45) is 1.09. The van der Waals surface area contributed by atoms with Gasteiger partial charge in [-0.25, -0.2) is 0 Å². The van der Waals surface area contributed by atoms with Crippen LogP contribution < -0.4 is 9.47 Å². The van der Waals surface area contributed by atoms with Crippen LogP contribution in [0.25, 0.3) is 11.4 Å². The lowest BCUT2D eigenvalue weighted by Crippen LogP contribution is -2.27. The molecule has 3 aromatic rings. The molecule has 1 saturated heterocycles. The number of carbonyl (C=O) groups is 1. The molecule has 4 rings (SSSR count). The van der Waals surface area contributed by atoms with E-state index in [0.29, 0.717) is 47.7 Å². The zero-order chi connectivity index (χ0) is 21.1. The Labute approximate surface area is 179 Å². The van der Waals surface area contributed by atoms with Gasteiger partial charge in [0.1, 0.15) is 0 Å². The molecule has 30 heavy (non-hydrogen) atoms. The van der Waals surface area contributed by atoms with Crippen LogP contribution in [0.2, 0.25) is 5.02 Å². The van der Waals surface area contributed by atoms with Crippen LogP contribution in [0.15, 0.2) is 47.0 Å². The maximum atomic E-state index is 12.5. The van der Waals surface area contributed by atoms with Gasteiger partial charge in [0.05, 0.1) is 20.1 Å². The molecule has 0 aliphatic carbocycles. The molecule has 0 bridgehead atoms. The first kappa shape index (κ1) is 20.2. The van der Waals surface area contributed by atoms with Gasteiger partial charge in [-0.15, -0.1) is 0 Å². The summed E-state index contributed by atoms with van der Waals surface area (Å²) < 4.78 is 16.1. The second-order valence-corrected chi connectivity index (χ2v) is 7.58. The first-order valence-corrected chi connectivity index (χ1v) is 10.0. The number of nitrogens with zero attached hydrogens (tertiary/aromatic N) is 3. The van der Waals surface area contributed by atoms with E-state index in [1.54, 1.807) is 26.4 Å². The Morgan fingerprint density at radius 1 is 1.13 bits per heavy atom. The lowest BCUT2D eigenvalue weighted by atomic mass is 10.1. The van der Waals surface area contributed by atoms with Gasteiger partial charge in [0.2, 0.25) is 17.6 Å². The van der Waals surface area contributed by atoms with Crippen molar-refractivity contribution in [2.24, 2.45) is 0 Å². The summed E-state index contributed by atoms with van der Waals surface area (Å²) in [5, 5.41) is 4.70. The van der Waals surface area contributed by atoms with Gasteiger partial charge < -0.3 is 18.9 Å². The third-order valence-corrected chi connectivity index (χ3v) is 5.48. The van der Waals surface area contributed by atoms with E-state index in [4.69, 9.17) is 25.6 Å². The lowest BCUT2D eigenvalue weighted by Gasteiger charge is -2.16. The van der Waals surface area contributed by atoms with Gasteiger partial charge in [-0.3, -0.25) is 4.79 Å². The smallest absolute Gasteiger partial charge is 0.232 e. The summed E-state index contributed by atoms with van der Waals surface area (Å²) in [6, 6.07) is 13.0. The molecule has 2 heterocycles. The molecule has 1 amide bonds. The standard InChI is InChI=1S/C22H22ClN3O4/c1-28-18-8-3-14(11-19(18)29-2)9-10-26-13-16(12-20(26)27)22-24-21(25-30-22)15-4-6-17(23)7-5-15/h3-8,11,16H,9-10,12-13H2,1-2H3. The van der Waals surface area contributed by atoms with E-state index in [-0.39, 0.29) is 11.8 Å². The zero-order valence-corrected chi connectivity index (χ0v) is 17.6. The molecule has 0 N–H and O–H groups in total. The van der Waals surface area contributed by atoms with E-state index in [0.717, 1.165) is 17.5 Å². The van der Waals surface area contributed by atoms with Crippen LogP contribution in [-0.2, 0) is 11.2 Å². The van der Waals surface area contributed by atoms with Gasteiger partial charge in [0.15, 0.2) is 11.5 Å². The topological polar surface area (TPSA) is 77.7 Å². The van der Waals surface area contributed by atoms with Crippen molar-refractivity contribution >= 4 is 17.5 Å². The minimum absolute atomic E-state index is 0.0896. The number of aromatic nitrogens is 2. The van der Waals surface area contributed by atoms with Crippen LogP contribution in [0.5, 0.6) is 11.5 Å². The molecule has 0 radical (unpaired) electrons. The molecule has 156 valence electrons. The Morgan fingerprint density at radius 3 is 2.63 bits per heavy atom. The number of hydrogen-bond acceptors (Lipinski definition) is 6. The van der Waals surface area contributed by atoms with E-state index in [9.17, 15) is 4.79 Å². The Morgan fingerprint density at radius 2 is 1.90 bits per heavy atom. The monoisotopic (exact) mass is 427 g/mol. The van der Waals surface area contributed by atoms with Crippen molar-refractivity contribution in [3.8, 4) is 22.9 Å². The first-order valence-electron chi connectivity index (χ1n) is 9.65. The molecule has 0 spiro atoms. The summed E-state index contributed by atoms with van der Waals surface area (Å²) >= 11 is 5.93. The molecule has 1 fully saturated rings. The molecular weight excluding hydrogens is 406 g/mol. The SMILES string of the molecule is COc1ccc(CCN2CC(c3nc(-c4ccc(Cl)cc4)no3)CC2=O)cc1OC. The van der Waals surface area contributed by atoms with Crippen molar-refractivity contribution in [3.05, 3.63) is 58.9 Å². The number of halogens is 1. The summed E-state index contributed by atoms with van der Waals surface area (Å²) in [5.41, 5.74) is 1.90. The number of amides is 1. The third kappa shape index (κ3) is 4.26. The van der Waals surface area contributed by atoms with Gasteiger partial charge in [0, 0.05) is 30.1 Å². The first-order chi connectivity index (χ1) is 14.6. The highest BCUT2D eigenvalue weighted by Crippen LogP contribution is 2.30. The molecule has 2 aromatic carbocycles.